The summed E-state index contributed by atoms with van der Waals surface area (Å²) in [6.45, 7) is 5.88. The van der Waals surface area contributed by atoms with E-state index in [0.29, 0.717) is 16.4 Å². The van der Waals surface area contributed by atoms with Crippen molar-refractivity contribution >= 4 is 49.1 Å². The molecule has 0 aliphatic heterocycles. The Hall–Kier alpha value is -0.790. The molecule has 98 valence electrons. The van der Waals surface area contributed by atoms with Gasteiger partial charge < -0.3 is 0 Å². The molecule has 0 radical (unpaired) electrons. The van der Waals surface area contributed by atoms with Gasteiger partial charge in [-0.3, -0.25) is 9.36 Å². The van der Waals surface area contributed by atoms with Crippen LogP contribution >= 0.6 is 8.46 Å². The second-order valence-electron chi connectivity index (χ2n) is 4.71. The van der Waals surface area contributed by atoms with E-state index in [1.54, 1.807) is 24.3 Å². The first-order valence-corrected chi connectivity index (χ1v) is 6.90. The third kappa shape index (κ3) is 3.45. The quantitative estimate of drug-likeness (QED) is 0.495. The fourth-order valence-electron chi connectivity index (χ4n) is 2.42. The van der Waals surface area contributed by atoms with E-state index in [1.165, 1.54) is 0 Å². The molecule has 0 aliphatic rings. The summed E-state index contributed by atoms with van der Waals surface area (Å²) in [5, 5.41) is 0.534. The van der Waals surface area contributed by atoms with Crippen molar-refractivity contribution in [2.75, 3.05) is 0 Å². The van der Waals surface area contributed by atoms with E-state index >= 15 is 0 Å². The molecule has 0 unspecified atom stereocenters. The van der Waals surface area contributed by atoms with E-state index in [0.717, 1.165) is 16.7 Å². The second-order valence-corrected chi connectivity index (χ2v) is 5.38. The number of carbonyl (C=O) groups excluding carboxylic acids is 1. The number of aryl methyl sites for hydroxylation is 3. The van der Waals surface area contributed by atoms with E-state index in [-0.39, 0.29) is 43.8 Å². The summed E-state index contributed by atoms with van der Waals surface area (Å²) in [6.07, 6.45) is 0. The van der Waals surface area contributed by atoms with Gasteiger partial charge in [-0.25, -0.2) is 0 Å². The molecule has 2 rings (SSSR count). The molecule has 0 aromatic heterocycles. The maximum absolute atomic E-state index is 12.6. The molecule has 0 N–H and O–H groups in total. The number of ketones is 1. The molecule has 0 atom stereocenters. The number of benzene rings is 2. The second kappa shape index (κ2) is 7.28. The van der Waals surface area contributed by atoms with Crippen LogP contribution in [0.2, 0.25) is 0 Å². The number of hydrogen-bond donors (Lipinski definition) is 0. The Labute approximate surface area is 143 Å². The van der Waals surface area contributed by atoms with E-state index in [9.17, 15) is 9.36 Å². The molecule has 0 saturated heterocycles. The first-order chi connectivity index (χ1) is 9.04. The van der Waals surface area contributed by atoms with Crippen LogP contribution in [0, 0.1) is 20.8 Å². The molecule has 4 heteroatoms. The zero-order valence-corrected chi connectivity index (χ0v) is 12.1. The predicted molar refractivity (Wildman–Crippen MR) is 84.9 cm³/mol. The molecule has 0 heterocycles. The Morgan fingerprint density at radius 3 is 2.10 bits per heavy atom. The third-order valence-corrected chi connectivity index (χ3v) is 3.74. The normalized spacial score (nSPS) is 10.2. The Bertz CT molecular complexity index is 642. The molecule has 20 heavy (non-hydrogen) atoms. The Kier molecular flexibility index (Phi) is 6.29. The summed E-state index contributed by atoms with van der Waals surface area (Å²) in [5.41, 5.74) is 4.28. The van der Waals surface area contributed by atoms with Crippen molar-refractivity contribution in [2.24, 2.45) is 0 Å². The van der Waals surface area contributed by atoms with E-state index in [2.05, 4.69) is 0 Å². The van der Waals surface area contributed by atoms with Gasteiger partial charge in [-0.1, -0.05) is 29.8 Å². The van der Waals surface area contributed by atoms with Crippen LogP contribution in [-0.4, -0.2) is 35.3 Å². The number of carbonyl (C=O) groups is 1. The Balaban J connectivity index is 0.00000200. The van der Waals surface area contributed by atoms with Crippen molar-refractivity contribution in [1.82, 2.24) is 0 Å². The van der Waals surface area contributed by atoms with Gasteiger partial charge >= 0.3 is 29.6 Å². The molecule has 2 aromatic carbocycles. The summed E-state index contributed by atoms with van der Waals surface area (Å²) >= 11 is 0. The molecule has 0 saturated carbocycles. The summed E-state index contributed by atoms with van der Waals surface area (Å²) in [4.78, 5) is 12.6. The average molecular weight is 294 g/mol. The van der Waals surface area contributed by atoms with Crippen molar-refractivity contribution in [1.29, 1.82) is 0 Å². The minimum atomic E-state index is -0.125. The van der Waals surface area contributed by atoms with Crippen LogP contribution in [0.1, 0.15) is 32.6 Å². The van der Waals surface area contributed by atoms with E-state index in [1.807, 2.05) is 32.9 Å². The Morgan fingerprint density at radius 1 is 1.00 bits per heavy atom. The SMILES string of the molecule is Cc1cc(C)c(C(=O)c2ccccc2P=O)c(C)c1.[NaH]. The predicted octanol–water partition coefficient (Wildman–Crippen LogP) is 3.11. The van der Waals surface area contributed by atoms with Gasteiger partial charge in [-0.15, -0.1) is 0 Å². The molecule has 0 fully saturated rings. The van der Waals surface area contributed by atoms with Gasteiger partial charge in [-0.2, -0.15) is 0 Å². The first-order valence-electron chi connectivity index (χ1n) is 6.09. The van der Waals surface area contributed by atoms with Gasteiger partial charge in [0.05, 0.1) is 5.30 Å². The third-order valence-electron chi connectivity index (χ3n) is 3.15. The molecule has 2 nitrogen and oxygen atoms in total. The van der Waals surface area contributed by atoms with Crippen molar-refractivity contribution in [3.05, 3.63) is 64.2 Å². The van der Waals surface area contributed by atoms with Gasteiger partial charge in [-0.05, 0) is 44.0 Å². The summed E-state index contributed by atoms with van der Waals surface area (Å²) in [5.74, 6) is -0.0612. The zero-order valence-electron chi connectivity index (χ0n) is 11.2. The fraction of sp³-hybridized carbons (Fsp3) is 0.188. The number of rotatable bonds is 3. The van der Waals surface area contributed by atoms with Gasteiger partial charge in [0, 0.05) is 11.1 Å². The average Bonchev–Trinajstić information content (AvgIpc) is 2.37. The van der Waals surface area contributed by atoms with Gasteiger partial charge in [0.25, 0.3) is 0 Å². The van der Waals surface area contributed by atoms with Crippen molar-refractivity contribution < 1.29 is 9.36 Å². The van der Waals surface area contributed by atoms with Crippen LogP contribution in [0.3, 0.4) is 0 Å². The van der Waals surface area contributed by atoms with E-state index in [4.69, 9.17) is 0 Å². The standard InChI is InChI=1S/C16H15O2P.Na.H/c1-10-8-11(2)15(12(3)9-10)16(17)13-6-4-5-7-14(13)19-18;;/h4-9H,1-3H3;;. The van der Waals surface area contributed by atoms with Crippen LogP contribution < -0.4 is 5.30 Å². The first kappa shape index (κ1) is 17.3. The van der Waals surface area contributed by atoms with Gasteiger partial charge in [0.15, 0.2) is 14.2 Å². The summed E-state index contributed by atoms with van der Waals surface area (Å²) in [7, 11) is -0.125. The van der Waals surface area contributed by atoms with Gasteiger partial charge in [0.2, 0.25) is 0 Å². The molecular formula is C16H16NaO2P. The molecule has 0 aliphatic carbocycles. The molecule has 0 spiro atoms. The van der Waals surface area contributed by atoms with Crippen LogP contribution in [0.25, 0.3) is 0 Å². The van der Waals surface area contributed by atoms with Crippen molar-refractivity contribution in [3.8, 4) is 0 Å². The van der Waals surface area contributed by atoms with Crippen LogP contribution in [0.4, 0.5) is 0 Å². The fourth-order valence-corrected chi connectivity index (χ4v) is 2.84. The summed E-state index contributed by atoms with van der Waals surface area (Å²) in [6, 6.07) is 11.0. The monoisotopic (exact) mass is 294 g/mol. The van der Waals surface area contributed by atoms with Crippen LogP contribution in [-0.2, 0) is 4.57 Å². The topological polar surface area (TPSA) is 34.1 Å². The van der Waals surface area contributed by atoms with Gasteiger partial charge in [0.1, 0.15) is 0 Å². The van der Waals surface area contributed by atoms with E-state index < -0.39 is 0 Å². The molecule has 0 amide bonds. The zero-order chi connectivity index (χ0) is 14.0. The van der Waals surface area contributed by atoms with Crippen LogP contribution in [0.5, 0.6) is 0 Å². The Morgan fingerprint density at radius 2 is 1.55 bits per heavy atom. The molecule has 2 aromatic rings. The maximum atomic E-state index is 12.6. The van der Waals surface area contributed by atoms with Crippen molar-refractivity contribution in [2.45, 2.75) is 20.8 Å². The number of hydrogen-bond acceptors (Lipinski definition) is 2. The van der Waals surface area contributed by atoms with Crippen molar-refractivity contribution in [3.63, 3.8) is 0 Å². The summed E-state index contributed by atoms with van der Waals surface area (Å²) < 4.78 is 11.1. The van der Waals surface area contributed by atoms with Crippen LogP contribution in [0.15, 0.2) is 36.4 Å². The minimum absolute atomic E-state index is 0. The molecular weight excluding hydrogens is 278 g/mol. The molecule has 0 bridgehead atoms.